The summed E-state index contributed by atoms with van der Waals surface area (Å²) in [6.45, 7) is 1.89. The Morgan fingerprint density at radius 3 is 3.12 bits per heavy atom. The first-order chi connectivity index (χ1) is 7.58. The van der Waals surface area contributed by atoms with Crippen LogP contribution in [-0.4, -0.2) is 20.5 Å². The number of fused-ring (bicyclic) bond motifs is 1. The summed E-state index contributed by atoms with van der Waals surface area (Å²) < 4.78 is 1.75. The Morgan fingerprint density at radius 2 is 2.44 bits per heavy atom. The van der Waals surface area contributed by atoms with Gasteiger partial charge < -0.3 is 5.11 Å². The molecule has 0 bridgehead atoms. The standard InChI is InChI=1S/C11H11ClN2O2/c1-7(4-10(15)16)8-2-3-14-9(5-8)6-13-11(14)12/h2-3,5-7H,4H2,1H3,(H,15,16). The fourth-order valence-electron chi connectivity index (χ4n) is 1.67. The number of nitrogens with zero attached hydrogens (tertiary/aromatic N) is 2. The smallest absolute Gasteiger partial charge is 0.303 e. The molecule has 4 nitrogen and oxygen atoms in total. The fourth-order valence-corrected chi connectivity index (χ4v) is 1.87. The van der Waals surface area contributed by atoms with Gasteiger partial charge in [0.1, 0.15) is 0 Å². The summed E-state index contributed by atoms with van der Waals surface area (Å²) in [6, 6.07) is 3.78. The first-order valence-corrected chi connectivity index (χ1v) is 5.30. The minimum atomic E-state index is -0.793. The molecule has 1 N–H and O–H groups in total. The van der Waals surface area contributed by atoms with Crippen LogP contribution in [0, 0.1) is 0 Å². The molecule has 1 atom stereocenters. The maximum atomic E-state index is 10.6. The van der Waals surface area contributed by atoms with Gasteiger partial charge in [0.25, 0.3) is 0 Å². The molecule has 2 aromatic heterocycles. The molecule has 16 heavy (non-hydrogen) atoms. The normalized spacial score (nSPS) is 12.9. The maximum absolute atomic E-state index is 10.6. The predicted molar refractivity (Wildman–Crippen MR) is 60.9 cm³/mol. The van der Waals surface area contributed by atoms with Crippen LogP contribution in [0.1, 0.15) is 24.8 Å². The van der Waals surface area contributed by atoms with Gasteiger partial charge in [-0.15, -0.1) is 0 Å². The lowest BCUT2D eigenvalue weighted by Crippen LogP contribution is -2.03. The highest BCUT2D eigenvalue weighted by atomic mass is 35.5. The van der Waals surface area contributed by atoms with Crippen molar-refractivity contribution in [2.24, 2.45) is 0 Å². The third-order valence-electron chi connectivity index (χ3n) is 2.56. The van der Waals surface area contributed by atoms with Crippen LogP contribution in [0.5, 0.6) is 0 Å². The van der Waals surface area contributed by atoms with Crippen molar-refractivity contribution in [3.05, 3.63) is 35.4 Å². The highest BCUT2D eigenvalue weighted by molar-refractivity contribution is 6.28. The van der Waals surface area contributed by atoms with E-state index in [1.54, 1.807) is 16.8 Å². The number of hydrogen-bond acceptors (Lipinski definition) is 2. The van der Waals surface area contributed by atoms with Gasteiger partial charge in [-0.05, 0) is 35.2 Å². The lowest BCUT2D eigenvalue weighted by Gasteiger charge is -2.09. The Labute approximate surface area is 97.5 Å². The van der Waals surface area contributed by atoms with Crippen LogP contribution in [0.15, 0.2) is 24.5 Å². The first-order valence-electron chi connectivity index (χ1n) is 4.92. The fraction of sp³-hybridized carbons (Fsp3) is 0.273. The monoisotopic (exact) mass is 238 g/mol. The quantitative estimate of drug-likeness (QED) is 0.894. The van der Waals surface area contributed by atoms with E-state index < -0.39 is 5.97 Å². The molecule has 1 unspecified atom stereocenters. The molecule has 5 heteroatoms. The van der Waals surface area contributed by atoms with E-state index >= 15 is 0 Å². The summed E-state index contributed by atoms with van der Waals surface area (Å²) in [4.78, 5) is 14.6. The van der Waals surface area contributed by atoms with Crippen molar-refractivity contribution in [2.75, 3.05) is 0 Å². The number of rotatable bonds is 3. The molecule has 84 valence electrons. The Hall–Kier alpha value is -1.55. The second-order valence-corrected chi connectivity index (χ2v) is 4.12. The van der Waals surface area contributed by atoms with Crippen molar-refractivity contribution in [2.45, 2.75) is 19.3 Å². The number of carboxylic acids is 1. The molecule has 0 spiro atoms. The van der Waals surface area contributed by atoms with E-state index in [4.69, 9.17) is 16.7 Å². The lowest BCUT2D eigenvalue weighted by atomic mass is 9.99. The second kappa shape index (κ2) is 4.14. The average molecular weight is 239 g/mol. The van der Waals surface area contributed by atoms with E-state index in [0.717, 1.165) is 11.1 Å². The number of carboxylic acid groups (broad SMARTS) is 1. The maximum Gasteiger partial charge on any atom is 0.303 e. The van der Waals surface area contributed by atoms with Crippen LogP contribution >= 0.6 is 11.6 Å². The third-order valence-corrected chi connectivity index (χ3v) is 2.84. The molecule has 2 aromatic rings. The zero-order valence-electron chi connectivity index (χ0n) is 8.72. The Balaban J connectivity index is 2.35. The molecular weight excluding hydrogens is 228 g/mol. The van der Waals surface area contributed by atoms with Gasteiger partial charge in [0.2, 0.25) is 5.28 Å². The summed E-state index contributed by atoms with van der Waals surface area (Å²) >= 11 is 5.85. The molecule has 0 aliphatic carbocycles. The molecule has 0 amide bonds. The molecular formula is C11H11ClN2O2. The van der Waals surface area contributed by atoms with Crippen LogP contribution < -0.4 is 0 Å². The van der Waals surface area contributed by atoms with Crippen LogP contribution in [0.25, 0.3) is 5.52 Å². The molecule has 0 saturated heterocycles. The largest absolute Gasteiger partial charge is 0.481 e. The van der Waals surface area contributed by atoms with Gasteiger partial charge in [0.05, 0.1) is 18.1 Å². The van der Waals surface area contributed by atoms with Gasteiger partial charge in [0.15, 0.2) is 0 Å². The van der Waals surface area contributed by atoms with Crippen molar-refractivity contribution in [1.29, 1.82) is 0 Å². The van der Waals surface area contributed by atoms with E-state index in [-0.39, 0.29) is 12.3 Å². The minimum absolute atomic E-state index is 0.0174. The SMILES string of the molecule is CC(CC(=O)O)c1ccn2c(Cl)ncc2c1. The number of aliphatic carboxylic acids is 1. The van der Waals surface area contributed by atoms with Gasteiger partial charge >= 0.3 is 5.97 Å². The van der Waals surface area contributed by atoms with E-state index in [1.807, 2.05) is 19.1 Å². The first kappa shape index (κ1) is 11.0. The summed E-state index contributed by atoms with van der Waals surface area (Å²) in [6.07, 6.45) is 3.59. The molecule has 0 aliphatic rings. The summed E-state index contributed by atoms with van der Waals surface area (Å²) in [5, 5.41) is 9.13. The molecule has 0 saturated carbocycles. The van der Waals surface area contributed by atoms with Crippen molar-refractivity contribution in [1.82, 2.24) is 9.38 Å². The van der Waals surface area contributed by atoms with Crippen molar-refractivity contribution in [3.8, 4) is 0 Å². The molecule has 2 heterocycles. The van der Waals surface area contributed by atoms with Crippen LogP contribution in [0.4, 0.5) is 0 Å². The van der Waals surface area contributed by atoms with Gasteiger partial charge in [-0.25, -0.2) is 4.98 Å². The zero-order valence-corrected chi connectivity index (χ0v) is 9.48. The van der Waals surface area contributed by atoms with Crippen LogP contribution in [0.3, 0.4) is 0 Å². The summed E-state index contributed by atoms with van der Waals surface area (Å²) in [5.74, 6) is -0.810. The highest BCUT2D eigenvalue weighted by Gasteiger charge is 2.11. The number of halogens is 1. The Morgan fingerprint density at radius 1 is 1.69 bits per heavy atom. The summed E-state index contributed by atoms with van der Waals surface area (Å²) in [7, 11) is 0. The van der Waals surface area contributed by atoms with Gasteiger partial charge in [0, 0.05) is 6.20 Å². The number of imidazole rings is 1. The van der Waals surface area contributed by atoms with Gasteiger partial charge in [-0.2, -0.15) is 0 Å². The Bertz CT molecular complexity index is 536. The van der Waals surface area contributed by atoms with Crippen LogP contribution in [-0.2, 0) is 4.79 Å². The number of carbonyl (C=O) groups is 1. The summed E-state index contributed by atoms with van der Waals surface area (Å²) in [5.41, 5.74) is 1.85. The zero-order chi connectivity index (χ0) is 11.7. The highest BCUT2D eigenvalue weighted by Crippen LogP contribution is 2.21. The topological polar surface area (TPSA) is 54.6 Å². The average Bonchev–Trinajstić information content (AvgIpc) is 2.59. The van der Waals surface area contributed by atoms with E-state index in [2.05, 4.69) is 4.98 Å². The van der Waals surface area contributed by atoms with Crippen molar-refractivity contribution >= 4 is 23.1 Å². The third kappa shape index (κ3) is 2.02. The van der Waals surface area contributed by atoms with Gasteiger partial charge in [-0.3, -0.25) is 9.20 Å². The molecule has 0 aliphatic heterocycles. The minimum Gasteiger partial charge on any atom is -0.481 e. The molecule has 0 radical (unpaired) electrons. The second-order valence-electron chi connectivity index (χ2n) is 3.78. The number of hydrogen-bond donors (Lipinski definition) is 1. The number of pyridine rings is 1. The van der Waals surface area contributed by atoms with E-state index in [1.165, 1.54) is 0 Å². The molecule has 0 fully saturated rings. The number of aromatic nitrogens is 2. The van der Waals surface area contributed by atoms with Crippen molar-refractivity contribution < 1.29 is 9.90 Å². The van der Waals surface area contributed by atoms with Gasteiger partial charge in [-0.1, -0.05) is 6.92 Å². The van der Waals surface area contributed by atoms with Crippen LogP contribution in [0.2, 0.25) is 5.28 Å². The van der Waals surface area contributed by atoms with Crippen molar-refractivity contribution in [3.63, 3.8) is 0 Å². The Kier molecular flexibility index (Phi) is 2.83. The predicted octanol–water partition coefficient (Wildman–Crippen LogP) is 2.57. The lowest BCUT2D eigenvalue weighted by molar-refractivity contribution is -0.137. The molecule has 0 aromatic carbocycles. The molecule has 2 rings (SSSR count). The van der Waals surface area contributed by atoms with E-state index in [9.17, 15) is 4.79 Å². The van der Waals surface area contributed by atoms with E-state index in [0.29, 0.717) is 5.28 Å².